The molecular formula is C22H25BrN2O3. The van der Waals surface area contributed by atoms with Crippen molar-refractivity contribution in [2.45, 2.75) is 39.0 Å². The number of carbonyl (C=O) groups is 2. The normalized spacial score (nSPS) is 14.4. The highest BCUT2D eigenvalue weighted by molar-refractivity contribution is 9.10. The summed E-state index contributed by atoms with van der Waals surface area (Å²) in [6.45, 7) is 1.89. The summed E-state index contributed by atoms with van der Waals surface area (Å²) in [7, 11) is 0. The summed E-state index contributed by atoms with van der Waals surface area (Å²) in [5.74, 6) is 0.515. The van der Waals surface area contributed by atoms with Crippen LogP contribution in [0.3, 0.4) is 0 Å². The summed E-state index contributed by atoms with van der Waals surface area (Å²) in [4.78, 5) is 24.6. The first kappa shape index (κ1) is 20.4. The van der Waals surface area contributed by atoms with Gasteiger partial charge < -0.3 is 15.4 Å². The molecule has 0 spiro atoms. The molecule has 0 heterocycles. The summed E-state index contributed by atoms with van der Waals surface area (Å²) in [5, 5.41) is 5.77. The molecule has 1 aliphatic rings. The smallest absolute Gasteiger partial charge is 0.262 e. The van der Waals surface area contributed by atoms with Gasteiger partial charge in [0.25, 0.3) is 5.91 Å². The Kier molecular flexibility index (Phi) is 7.09. The van der Waals surface area contributed by atoms with Crippen molar-refractivity contribution in [1.82, 2.24) is 0 Å². The van der Waals surface area contributed by atoms with Crippen LogP contribution in [-0.4, -0.2) is 18.4 Å². The molecule has 2 N–H and O–H groups in total. The summed E-state index contributed by atoms with van der Waals surface area (Å²) >= 11 is 3.43. The number of benzene rings is 2. The molecule has 1 saturated carbocycles. The lowest BCUT2D eigenvalue weighted by molar-refractivity contribution is -0.120. The van der Waals surface area contributed by atoms with E-state index in [2.05, 4.69) is 26.6 Å². The number of rotatable bonds is 6. The van der Waals surface area contributed by atoms with Crippen molar-refractivity contribution in [2.24, 2.45) is 5.92 Å². The second-order valence-corrected chi connectivity index (χ2v) is 8.03. The zero-order chi connectivity index (χ0) is 19.9. The fourth-order valence-corrected chi connectivity index (χ4v) is 3.95. The van der Waals surface area contributed by atoms with Gasteiger partial charge in [-0.05, 0) is 71.6 Å². The van der Waals surface area contributed by atoms with E-state index in [1.807, 2.05) is 37.3 Å². The van der Waals surface area contributed by atoms with Gasteiger partial charge in [-0.25, -0.2) is 0 Å². The van der Waals surface area contributed by atoms with Crippen molar-refractivity contribution in [1.29, 1.82) is 0 Å². The lowest BCUT2D eigenvalue weighted by atomic mass is 9.88. The van der Waals surface area contributed by atoms with Gasteiger partial charge in [-0.1, -0.05) is 31.4 Å². The molecule has 2 amide bonds. The minimum atomic E-state index is -0.261. The Morgan fingerprint density at radius 1 is 1.04 bits per heavy atom. The molecule has 0 aliphatic heterocycles. The Balaban J connectivity index is 1.53. The van der Waals surface area contributed by atoms with Crippen LogP contribution < -0.4 is 15.4 Å². The van der Waals surface area contributed by atoms with E-state index in [9.17, 15) is 9.59 Å². The van der Waals surface area contributed by atoms with E-state index in [1.165, 1.54) is 6.42 Å². The fourth-order valence-electron chi connectivity index (χ4n) is 3.35. The topological polar surface area (TPSA) is 67.4 Å². The maximum absolute atomic E-state index is 12.4. The molecule has 0 bridgehead atoms. The van der Waals surface area contributed by atoms with Crippen LogP contribution in [0.4, 0.5) is 11.4 Å². The molecule has 0 radical (unpaired) electrons. The number of halogens is 1. The number of amides is 2. The van der Waals surface area contributed by atoms with E-state index in [1.54, 1.807) is 12.1 Å². The molecule has 0 saturated heterocycles. The van der Waals surface area contributed by atoms with Gasteiger partial charge in [-0.2, -0.15) is 0 Å². The van der Waals surface area contributed by atoms with E-state index in [0.717, 1.165) is 35.7 Å². The summed E-state index contributed by atoms with van der Waals surface area (Å²) in [6.07, 6.45) is 5.35. The standard InChI is InChI=1S/C22H25BrN2O3/c1-15-10-11-20(19(23)12-15)28-14-21(26)24-17-8-5-9-18(13-17)25-22(27)16-6-3-2-4-7-16/h5,8-13,16H,2-4,6-7,14H2,1H3,(H,24,26)(H,25,27). The molecule has 6 heteroatoms. The summed E-state index contributed by atoms with van der Waals surface area (Å²) in [6, 6.07) is 12.9. The largest absolute Gasteiger partial charge is 0.483 e. The quantitative estimate of drug-likeness (QED) is 0.635. The van der Waals surface area contributed by atoms with Gasteiger partial charge in [0.1, 0.15) is 5.75 Å². The molecule has 2 aromatic rings. The van der Waals surface area contributed by atoms with E-state index < -0.39 is 0 Å². The fraction of sp³-hybridized carbons (Fsp3) is 0.364. The van der Waals surface area contributed by atoms with Gasteiger partial charge in [-0.3, -0.25) is 9.59 Å². The van der Waals surface area contributed by atoms with Crippen LogP contribution in [-0.2, 0) is 9.59 Å². The number of hydrogen-bond donors (Lipinski definition) is 2. The van der Waals surface area contributed by atoms with Crippen LogP contribution in [0.1, 0.15) is 37.7 Å². The van der Waals surface area contributed by atoms with Crippen LogP contribution in [0.2, 0.25) is 0 Å². The average Bonchev–Trinajstić information content (AvgIpc) is 2.68. The third-order valence-electron chi connectivity index (χ3n) is 4.84. The van der Waals surface area contributed by atoms with Crippen molar-refractivity contribution in [3.05, 3.63) is 52.5 Å². The third-order valence-corrected chi connectivity index (χ3v) is 5.46. The number of carbonyl (C=O) groups excluding carboxylic acids is 2. The lowest BCUT2D eigenvalue weighted by Gasteiger charge is -2.20. The van der Waals surface area contributed by atoms with Crippen molar-refractivity contribution in [3.63, 3.8) is 0 Å². The number of aryl methyl sites for hydroxylation is 1. The van der Waals surface area contributed by atoms with Crippen LogP contribution in [0.5, 0.6) is 5.75 Å². The molecule has 3 rings (SSSR count). The number of ether oxygens (including phenoxy) is 1. The van der Waals surface area contributed by atoms with E-state index in [-0.39, 0.29) is 24.3 Å². The first-order chi connectivity index (χ1) is 13.5. The monoisotopic (exact) mass is 444 g/mol. The highest BCUT2D eigenvalue weighted by atomic mass is 79.9. The highest BCUT2D eigenvalue weighted by Crippen LogP contribution is 2.26. The minimum absolute atomic E-state index is 0.0655. The Morgan fingerprint density at radius 2 is 1.75 bits per heavy atom. The minimum Gasteiger partial charge on any atom is -0.483 e. The SMILES string of the molecule is Cc1ccc(OCC(=O)Nc2cccc(NC(=O)C3CCCCC3)c2)c(Br)c1. The van der Waals surface area contributed by atoms with E-state index >= 15 is 0 Å². The van der Waals surface area contributed by atoms with Crippen molar-refractivity contribution in [2.75, 3.05) is 17.2 Å². The van der Waals surface area contributed by atoms with Crippen molar-refractivity contribution in [3.8, 4) is 5.75 Å². The molecule has 5 nitrogen and oxygen atoms in total. The lowest BCUT2D eigenvalue weighted by Crippen LogP contribution is -2.25. The van der Waals surface area contributed by atoms with Gasteiger partial charge in [0, 0.05) is 17.3 Å². The molecule has 28 heavy (non-hydrogen) atoms. The first-order valence-corrected chi connectivity index (χ1v) is 10.4. The number of hydrogen-bond acceptors (Lipinski definition) is 3. The molecule has 0 atom stereocenters. The molecule has 0 aromatic heterocycles. The molecular weight excluding hydrogens is 420 g/mol. The molecule has 2 aromatic carbocycles. The van der Waals surface area contributed by atoms with Gasteiger partial charge >= 0.3 is 0 Å². The van der Waals surface area contributed by atoms with Gasteiger partial charge in [-0.15, -0.1) is 0 Å². The molecule has 1 aliphatic carbocycles. The van der Waals surface area contributed by atoms with Crippen molar-refractivity contribution < 1.29 is 14.3 Å². The first-order valence-electron chi connectivity index (χ1n) is 9.61. The zero-order valence-corrected chi connectivity index (χ0v) is 17.6. The predicted octanol–water partition coefficient (Wildman–Crippen LogP) is 5.29. The summed E-state index contributed by atoms with van der Waals surface area (Å²) in [5.41, 5.74) is 2.42. The second kappa shape index (κ2) is 9.73. The van der Waals surface area contributed by atoms with E-state index in [0.29, 0.717) is 17.1 Å². The summed E-state index contributed by atoms with van der Waals surface area (Å²) < 4.78 is 6.38. The number of anilines is 2. The number of nitrogens with one attached hydrogen (secondary N) is 2. The van der Waals surface area contributed by atoms with Crippen LogP contribution in [0, 0.1) is 12.8 Å². The van der Waals surface area contributed by atoms with Crippen LogP contribution >= 0.6 is 15.9 Å². The maximum Gasteiger partial charge on any atom is 0.262 e. The van der Waals surface area contributed by atoms with Crippen molar-refractivity contribution >= 4 is 39.1 Å². The van der Waals surface area contributed by atoms with Gasteiger partial charge in [0.05, 0.1) is 4.47 Å². The Morgan fingerprint density at radius 3 is 2.46 bits per heavy atom. The Hall–Kier alpha value is -2.34. The Bertz CT molecular complexity index is 847. The van der Waals surface area contributed by atoms with Crippen LogP contribution in [0.25, 0.3) is 0 Å². The molecule has 0 unspecified atom stereocenters. The maximum atomic E-state index is 12.4. The van der Waals surface area contributed by atoms with E-state index in [4.69, 9.17) is 4.74 Å². The van der Waals surface area contributed by atoms with Crippen LogP contribution in [0.15, 0.2) is 46.9 Å². The Labute approximate surface area is 174 Å². The third kappa shape index (κ3) is 5.83. The van der Waals surface area contributed by atoms with Gasteiger partial charge in [0.15, 0.2) is 6.61 Å². The molecule has 148 valence electrons. The second-order valence-electron chi connectivity index (χ2n) is 7.18. The van der Waals surface area contributed by atoms with Gasteiger partial charge in [0.2, 0.25) is 5.91 Å². The average molecular weight is 445 g/mol. The highest BCUT2D eigenvalue weighted by Gasteiger charge is 2.21. The zero-order valence-electron chi connectivity index (χ0n) is 16.0. The molecule has 1 fully saturated rings. The predicted molar refractivity (Wildman–Crippen MR) is 115 cm³/mol.